The number of carbonyl (C=O) groups is 1. The molecule has 7 nitrogen and oxygen atoms in total. The van der Waals surface area contributed by atoms with Crippen molar-refractivity contribution in [3.8, 4) is 0 Å². The quantitative estimate of drug-likeness (QED) is 0.697. The van der Waals surface area contributed by atoms with Crippen molar-refractivity contribution in [1.82, 2.24) is 19.0 Å². The molecule has 1 saturated heterocycles. The van der Waals surface area contributed by atoms with E-state index in [0.717, 1.165) is 24.4 Å². The average Bonchev–Trinajstić information content (AvgIpc) is 3.02. The summed E-state index contributed by atoms with van der Waals surface area (Å²) in [6, 6.07) is 9.43. The van der Waals surface area contributed by atoms with Crippen molar-refractivity contribution >= 4 is 22.6 Å². The molecule has 1 amide bonds. The van der Waals surface area contributed by atoms with Gasteiger partial charge in [-0.2, -0.15) is 0 Å². The molecule has 4 rings (SSSR count). The van der Waals surface area contributed by atoms with Gasteiger partial charge < -0.3 is 18.9 Å². The van der Waals surface area contributed by atoms with Gasteiger partial charge in [0.2, 0.25) is 0 Å². The van der Waals surface area contributed by atoms with Crippen LogP contribution in [0, 0.1) is 0 Å². The van der Waals surface area contributed by atoms with E-state index >= 15 is 0 Å². The maximum Gasteiger partial charge on any atom is 0.270 e. The Hall–Kier alpha value is -3.09. The fourth-order valence-electron chi connectivity index (χ4n) is 3.48. The van der Waals surface area contributed by atoms with Crippen molar-refractivity contribution in [3.63, 3.8) is 0 Å². The minimum atomic E-state index is -0.0860. The molecule has 4 heterocycles. The van der Waals surface area contributed by atoms with Crippen molar-refractivity contribution < 1.29 is 4.79 Å². The lowest BCUT2D eigenvalue weighted by molar-refractivity contribution is 0.0737. The monoisotopic (exact) mass is 351 g/mol. The molecule has 7 heteroatoms. The average molecular weight is 351 g/mol. The van der Waals surface area contributed by atoms with Crippen molar-refractivity contribution in [3.05, 3.63) is 58.8 Å². The second-order valence-corrected chi connectivity index (χ2v) is 6.59. The lowest BCUT2D eigenvalue weighted by atomic mass is 10.2. The fourth-order valence-corrected chi connectivity index (χ4v) is 3.48. The van der Waals surface area contributed by atoms with E-state index in [9.17, 15) is 9.59 Å². The lowest BCUT2D eigenvalue weighted by Gasteiger charge is -2.35. The summed E-state index contributed by atoms with van der Waals surface area (Å²) in [5.41, 5.74) is 1.25. The zero-order chi connectivity index (χ0) is 18.3. The molecule has 134 valence electrons. The van der Waals surface area contributed by atoms with Crippen LogP contribution >= 0.6 is 0 Å². The van der Waals surface area contributed by atoms with Crippen molar-refractivity contribution in [2.45, 2.75) is 0 Å². The minimum Gasteiger partial charge on any atom is -0.353 e. The molecule has 0 saturated carbocycles. The molecule has 3 aromatic rings. The Morgan fingerprint density at radius 2 is 1.85 bits per heavy atom. The van der Waals surface area contributed by atoms with E-state index in [1.54, 1.807) is 25.5 Å². The molecule has 0 bridgehead atoms. The van der Waals surface area contributed by atoms with Crippen LogP contribution in [0.1, 0.15) is 10.5 Å². The van der Waals surface area contributed by atoms with Crippen LogP contribution < -0.4 is 10.5 Å². The van der Waals surface area contributed by atoms with E-state index < -0.39 is 0 Å². The standard InChI is InChI=1S/C19H21N5O2/c1-21-8-6-15-14(18(21)25)13-16(22(15)2)19(26)24-11-9-23(10-12-24)17-5-3-4-7-20-17/h3-8,13H,9-12H2,1-2H3. The Labute approximate surface area is 151 Å². The van der Waals surface area contributed by atoms with Crippen LogP contribution in [0.25, 0.3) is 10.9 Å². The van der Waals surface area contributed by atoms with Gasteiger partial charge in [0.25, 0.3) is 11.5 Å². The Kier molecular flexibility index (Phi) is 3.99. The van der Waals surface area contributed by atoms with Gasteiger partial charge in [-0.15, -0.1) is 0 Å². The van der Waals surface area contributed by atoms with Crippen LogP contribution in [0.4, 0.5) is 5.82 Å². The number of aryl methyl sites for hydroxylation is 2. The highest BCUT2D eigenvalue weighted by Gasteiger charge is 2.25. The summed E-state index contributed by atoms with van der Waals surface area (Å²) < 4.78 is 3.34. The number of carbonyl (C=O) groups excluding carboxylic acids is 1. The Bertz CT molecular complexity index is 1010. The second kappa shape index (κ2) is 6.33. The van der Waals surface area contributed by atoms with Gasteiger partial charge in [0, 0.05) is 52.7 Å². The molecule has 0 N–H and O–H groups in total. The highest BCUT2D eigenvalue weighted by Crippen LogP contribution is 2.19. The molecule has 0 unspecified atom stereocenters. The number of pyridine rings is 2. The number of fused-ring (bicyclic) bond motifs is 1. The summed E-state index contributed by atoms with van der Waals surface area (Å²) in [7, 11) is 3.55. The first-order valence-electron chi connectivity index (χ1n) is 8.66. The number of anilines is 1. The van der Waals surface area contributed by atoms with Crippen LogP contribution in [0.2, 0.25) is 0 Å². The van der Waals surface area contributed by atoms with Crippen LogP contribution in [-0.4, -0.2) is 51.1 Å². The third-order valence-corrected chi connectivity index (χ3v) is 5.05. The van der Waals surface area contributed by atoms with Crippen molar-refractivity contribution in [2.24, 2.45) is 14.1 Å². The number of hydrogen-bond donors (Lipinski definition) is 0. The van der Waals surface area contributed by atoms with Gasteiger partial charge in [-0.05, 0) is 24.3 Å². The molecule has 0 aromatic carbocycles. The first kappa shape index (κ1) is 16.4. The van der Waals surface area contributed by atoms with E-state index in [0.29, 0.717) is 24.2 Å². The second-order valence-electron chi connectivity index (χ2n) is 6.59. The van der Waals surface area contributed by atoms with Gasteiger partial charge in [-0.25, -0.2) is 4.98 Å². The zero-order valence-corrected chi connectivity index (χ0v) is 14.9. The van der Waals surface area contributed by atoms with Crippen LogP contribution in [0.3, 0.4) is 0 Å². The molecule has 1 fully saturated rings. The summed E-state index contributed by atoms with van der Waals surface area (Å²) in [6.45, 7) is 2.76. The molecule has 0 radical (unpaired) electrons. The van der Waals surface area contributed by atoms with Gasteiger partial charge in [0.1, 0.15) is 11.5 Å². The normalized spacial score (nSPS) is 14.8. The molecule has 1 aliphatic heterocycles. The maximum absolute atomic E-state index is 13.0. The molecule has 0 atom stereocenters. The number of amides is 1. The summed E-state index contributed by atoms with van der Waals surface area (Å²) in [6.07, 6.45) is 3.51. The molecule has 0 aliphatic carbocycles. The zero-order valence-electron chi connectivity index (χ0n) is 14.9. The molecule has 0 spiro atoms. The number of nitrogens with zero attached hydrogens (tertiary/aromatic N) is 5. The first-order valence-corrected chi connectivity index (χ1v) is 8.66. The number of hydrogen-bond acceptors (Lipinski definition) is 4. The minimum absolute atomic E-state index is 0.0357. The van der Waals surface area contributed by atoms with E-state index in [1.807, 2.05) is 40.8 Å². The molecule has 26 heavy (non-hydrogen) atoms. The smallest absolute Gasteiger partial charge is 0.270 e. The summed E-state index contributed by atoms with van der Waals surface area (Å²) >= 11 is 0. The van der Waals surface area contributed by atoms with Gasteiger partial charge in [0.05, 0.1) is 10.9 Å². The maximum atomic E-state index is 13.0. The predicted octanol–water partition coefficient (Wildman–Crippen LogP) is 1.23. The fraction of sp³-hybridized carbons (Fsp3) is 0.316. The van der Waals surface area contributed by atoms with E-state index in [-0.39, 0.29) is 11.5 Å². The van der Waals surface area contributed by atoms with Gasteiger partial charge in [-0.3, -0.25) is 9.59 Å². The summed E-state index contributed by atoms with van der Waals surface area (Å²) in [5, 5.41) is 0.577. The number of rotatable bonds is 2. The first-order chi connectivity index (χ1) is 12.6. The third kappa shape index (κ3) is 2.65. The van der Waals surface area contributed by atoms with Gasteiger partial charge in [-0.1, -0.05) is 6.07 Å². The van der Waals surface area contributed by atoms with Crippen molar-refractivity contribution in [1.29, 1.82) is 0 Å². The Morgan fingerprint density at radius 1 is 1.08 bits per heavy atom. The van der Waals surface area contributed by atoms with E-state index in [2.05, 4.69) is 9.88 Å². The van der Waals surface area contributed by atoms with Crippen LogP contribution in [0.15, 0.2) is 47.5 Å². The van der Waals surface area contributed by atoms with Gasteiger partial charge in [0.15, 0.2) is 0 Å². The largest absolute Gasteiger partial charge is 0.353 e. The topological polar surface area (TPSA) is 63.4 Å². The molecular formula is C19H21N5O2. The summed E-state index contributed by atoms with van der Waals surface area (Å²) in [5.74, 6) is 0.902. The van der Waals surface area contributed by atoms with Crippen LogP contribution in [0.5, 0.6) is 0 Å². The van der Waals surface area contributed by atoms with E-state index in [1.165, 1.54) is 4.57 Å². The Morgan fingerprint density at radius 3 is 2.54 bits per heavy atom. The van der Waals surface area contributed by atoms with Crippen molar-refractivity contribution in [2.75, 3.05) is 31.1 Å². The van der Waals surface area contributed by atoms with Gasteiger partial charge >= 0.3 is 0 Å². The predicted molar refractivity (Wildman–Crippen MR) is 101 cm³/mol. The SMILES string of the molecule is Cn1ccc2c(cc(C(=O)N3CCN(c4ccccn4)CC3)n2C)c1=O. The highest BCUT2D eigenvalue weighted by atomic mass is 16.2. The number of aromatic nitrogens is 3. The third-order valence-electron chi connectivity index (χ3n) is 5.05. The van der Waals surface area contributed by atoms with E-state index in [4.69, 9.17) is 0 Å². The summed E-state index contributed by atoms with van der Waals surface area (Å²) in [4.78, 5) is 33.7. The molecule has 1 aliphatic rings. The lowest BCUT2D eigenvalue weighted by Crippen LogP contribution is -2.49. The molecular weight excluding hydrogens is 330 g/mol. The Balaban J connectivity index is 1.56. The highest BCUT2D eigenvalue weighted by molar-refractivity contribution is 5.98. The van der Waals surface area contributed by atoms with Crippen LogP contribution in [-0.2, 0) is 14.1 Å². The number of piperazine rings is 1. The molecule has 3 aromatic heterocycles.